The number of nitrogens with zero attached hydrogens (tertiary/aromatic N) is 1. The van der Waals surface area contributed by atoms with Crippen LogP contribution in [-0.4, -0.2) is 38.9 Å². The summed E-state index contributed by atoms with van der Waals surface area (Å²) in [4.78, 5) is 5.95. The number of hydrogen-bond acceptors (Lipinski definition) is 2. The second-order valence-electron chi connectivity index (χ2n) is 10.2. The minimum absolute atomic E-state index is 0.240. The summed E-state index contributed by atoms with van der Waals surface area (Å²) in [5.74, 6) is 0. The van der Waals surface area contributed by atoms with E-state index in [-0.39, 0.29) is 5.04 Å². The zero-order valence-corrected chi connectivity index (χ0v) is 20.7. The molecule has 0 aliphatic carbocycles. The van der Waals surface area contributed by atoms with Crippen LogP contribution in [0.5, 0.6) is 0 Å². The zero-order valence-electron chi connectivity index (χ0n) is 19.7. The average molecular weight is 411 g/mol. The molecule has 4 heteroatoms. The van der Waals surface area contributed by atoms with Crippen LogP contribution < -0.4 is 0 Å². The number of nitrogens with one attached hydrogen (secondary N) is 1. The van der Waals surface area contributed by atoms with Gasteiger partial charge in [-0.05, 0) is 81.3 Å². The van der Waals surface area contributed by atoms with E-state index in [4.69, 9.17) is 4.43 Å². The molecule has 0 aliphatic heterocycles. The molecule has 3 rings (SSSR count). The number of aromatic nitrogens is 1. The fourth-order valence-electron chi connectivity index (χ4n) is 3.98. The lowest BCUT2D eigenvalue weighted by Gasteiger charge is -2.36. The average Bonchev–Trinajstić information content (AvgIpc) is 2.98. The zero-order chi connectivity index (χ0) is 21.6. The van der Waals surface area contributed by atoms with Crippen LogP contribution in [-0.2, 0) is 10.8 Å². The fourth-order valence-corrected chi connectivity index (χ4v) is 5.03. The Labute approximate surface area is 177 Å². The van der Waals surface area contributed by atoms with Crippen molar-refractivity contribution in [2.24, 2.45) is 0 Å². The van der Waals surface area contributed by atoms with E-state index in [1.807, 2.05) is 0 Å². The van der Waals surface area contributed by atoms with Gasteiger partial charge in [-0.3, -0.25) is 0 Å². The van der Waals surface area contributed by atoms with Crippen molar-refractivity contribution in [3.63, 3.8) is 0 Å². The molecule has 158 valence electrons. The standard InChI is InChI=1S/C25H38N2OSi/c1-17-23(18(2)27(6)7)19(14-15-28-29(8,9)25(3,4)5)16-22-24(17)20-12-10-11-13-21(20)26-22/h10-13,16,18,26H,14-15H2,1-9H3/t18-/m1/s1. The van der Waals surface area contributed by atoms with E-state index in [1.54, 1.807) is 0 Å². The van der Waals surface area contributed by atoms with Gasteiger partial charge in [-0.15, -0.1) is 0 Å². The topological polar surface area (TPSA) is 28.3 Å². The van der Waals surface area contributed by atoms with Crippen LogP contribution in [0.1, 0.15) is 50.4 Å². The van der Waals surface area contributed by atoms with Crippen LogP contribution in [0, 0.1) is 6.92 Å². The first kappa shape index (κ1) is 22.1. The maximum atomic E-state index is 6.52. The van der Waals surface area contributed by atoms with Gasteiger partial charge in [-0.1, -0.05) is 39.0 Å². The van der Waals surface area contributed by atoms with Crippen molar-refractivity contribution in [2.45, 2.75) is 65.2 Å². The summed E-state index contributed by atoms with van der Waals surface area (Å²) in [6.07, 6.45) is 0.951. The highest BCUT2D eigenvalue weighted by Gasteiger charge is 2.37. The molecule has 1 aromatic heterocycles. The van der Waals surface area contributed by atoms with Gasteiger partial charge in [0.1, 0.15) is 0 Å². The van der Waals surface area contributed by atoms with Crippen LogP contribution >= 0.6 is 0 Å². The third-order valence-corrected chi connectivity index (χ3v) is 11.5. The summed E-state index contributed by atoms with van der Waals surface area (Å²) in [7, 11) is 2.60. The number of para-hydroxylation sites is 1. The maximum Gasteiger partial charge on any atom is 0.191 e. The van der Waals surface area contributed by atoms with Gasteiger partial charge in [0.05, 0.1) is 0 Å². The normalized spacial score (nSPS) is 14.3. The Morgan fingerprint density at radius 1 is 1.10 bits per heavy atom. The van der Waals surface area contributed by atoms with E-state index in [0.717, 1.165) is 13.0 Å². The molecule has 1 heterocycles. The SMILES string of the molecule is Cc1c([C@@H](C)N(C)C)c(CCO[Si](C)(C)C(C)(C)C)cc2[nH]c3ccccc3c12. The highest BCUT2D eigenvalue weighted by atomic mass is 28.4. The molecule has 0 aliphatic rings. The Morgan fingerprint density at radius 3 is 2.38 bits per heavy atom. The Balaban J connectivity index is 2.05. The molecule has 0 unspecified atom stereocenters. The van der Waals surface area contributed by atoms with Gasteiger partial charge in [-0.25, -0.2) is 0 Å². The maximum absolute atomic E-state index is 6.52. The lowest BCUT2D eigenvalue weighted by molar-refractivity contribution is 0.288. The van der Waals surface area contributed by atoms with Crippen LogP contribution in [0.3, 0.4) is 0 Å². The van der Waals surface area contributed by atoms with Gasteiger partial charge in [0.15, 0.2) is 8.32 Å². The molecule has 0 saturated carbocycles. The van der Waals surface area contributed by atoms with Crippen molar-refractivity contribution in [1.82, 2.24) is 9.88 Å². The number of H-pyrrole nitrogens is 1. The molecule has 0 bridgehead atoms. The van der Waals surface area contributed by atoms with Crippen molar-refractivity contribution < 1.29 is 4.43 Å². The van der Waals surface area contributed by atoms with E-state index in [0.29, 0.717) is 6.04 Å². The molecule has 0 radical (unpaired) electrons. The van der Waals surface area contributed by atoms with Gasteiger partial charge in [0.2, 0.25) is 0 Å². The molecule has 2 aromatic carbocycles. The molecule has 3 aromatic rings. The van der Waals surface area contributed by atoms with Crippen molar-refractivity contribution in [3.8, 4) is 0 Å². The quantitative estimate of drug-likeness (QED) is 0.452. The van der Waals surface area contributed by atoms with Gasteiger partial charge < -0.3 is 14.3 Å². The van der Waals surface area contributed by atoms with E-state index in [9.17, 15) is 0 Å². The molecule has 1 atom stereocenters. The van der Waals surface area contributed by atoms with E-state index >= 15 is 0 Å². The highest BCUT2D eigenvalue weighted by molar-refractivity contribution is 6.74. The third-order valence-electron chi connectivity index (χ3n) is 7.01. The Hall–Kier alpha value is -1.62. The second-order valence-corrected chi connectivity index (χ2v) is 15.0. The van der Waals surface area contributed by atoms with E-state index in [2.05, 4.69) is 102 Å². The summed E-state index contributed by atoms with van der Waals surface area (Å²) < 4.78 is 6.52. The van der Waals surface area contributed by atoms with Gasteiger partial charge >= 0.3 is 0 Å². The van der Waals surface area contributed by atoms with Crippen LogP contribution in [0.4, 0.5) is 0 Å². The first-order chi connectivity index (χ1) is 13.4. The fraction of sp³-hybridized carbons (Fsp3) is 0.520. The Kier molecular flexibility index (Phi) is 6.01. The van der Waals surface area contributed by atoms with Crippen LogP contribution in [0.15, 0.2) is 30.3 Å². The summed E-state index contributed by atoms with van der Waals surface area (Å²) in [6.45, 7) is 17.0. The minimum Gasteiger partial charge on any atom is -0.416 e. The van der Waals surface area contributed by atoms with Gasteiger partial charge in [0.25, 0.3) is 0 Å². The number of fused-ring (bicyclic) bond motifs is 3. The number of aryl methyl sites for hydroxylation is 1. The number of benzene rings is 2. The first-order valence-corrected chi connectivity index (χ1v) is 13.7. The lowest BCUT2D eigenvalue weighted by Crippen LogP contribution is -2.41. The predicted molar refractivity (Wildman–Crippen MR) is 129 cm³/mol. The largest absolute Gasteiger partial charge is 0.416 e. The van der Waals surface area contributed by atoms with Gasteiger partial charge in [0, 0.05) is 34.5 Å². The first-order valence-electron chi connectivity index (χ1n) is 10.8. The molecule has 0 fully saturated rings. The number of rotatable bonds is 6. The van der Waals surface area contributed by atoms with Gasteiger partial charge in [-0.2, -0.15) is 0 Å². The molecule has 3 nitrogen and oxygen atoms in total. The van der Waals surface area contributed by atoms with Crippen LogP contribution in [0.25, 0.3) is 21.8 Å². The summed E-state index contributed by atoms with van der Waals surface area (Å²) >= 11 is 0. The monoisotopic (exact) mass is 410 g/mol. The van der Waals surface area contributed by atoms with Crippen molar-refractivity contribution >= 4 is 30.1 Å². The van der Waals surface area contributed by atoms with Crippen LogP contribution in [0.2, 0.25) is 18.1 Å². The smallest absolute Gasteiger partial charge is 0.191 e. The van der Waals surface area contributed by atoms with E-state index < -0.39 is 8.32 Å². The molecular formula is C25H38N2OSi. The van der Waals surface area contributed by atoms with Crippen molar-refractivity contribution in [3.05, 3.63) is 47.0 Å². The van der Waals surface area contributed by atoms with Crippen molar-refractivity contribution in [1.29, 1.82) is 0 Å². The summed E-state index contributed by atoms with van der Waals surface area (Å²) in [5, 5.41) is 2.92. The lowest BCUT2D eigenvalue weighted by atomic mass is 9.90. The third kappa shape index (κ3) is 4.16. The molecular weight excluding hydrogens is 372 g/mol. The molecule has 29 heavy (non-hydrogen) atoms. The number of aromatic amines is 1. The Morgan fingerprint density at radius 2 is 1.76 bits per heavy atom. The number of hydrogen-bond donors (Lipinski definition) is 1. The molecule has 0 saturated heterocycles. The highest BCUT2D eigenvalue weighted by Crippen LogP contribution is 2.38. The molecule has 1 N–H and O–H groups in total. The summed E-state index contributed by atoms with van der Waals surface area (Å²) in [5.41, 5.74) is 6.69. The molecule has 0 amide bonds. The molecule has 0 spiro atoms. The van der Waals surface area contributed by atoms with Crippen molar-refractivity contribution in [2.75, 3.05) is 20.7 Å². The summed E-state index contributed by atoms with van der Waals surface area (Å²) in [6, 6.07) is 11.4. The Bertz CT molecular complexity index is 1010. The van der Waals surface area contributed by atoms with E-state index in [1.165, 1.54) is 38.5 Å². The minimum atomic E-state index is -1.74. The second kappa shape index (κ2) is 7.90. The predicted octanol–water partition coefficient (Wildman–Crippen LogP) is 6.82.